The van der Waals surface area contributed by atoms with E-state index in [2.05, 4.69) is 27.3 Å². The van der Waals surface area contributed by atoms with Crippen molar-refractivity contribution >= 4 is 17.5 Å². The van der Waals surface area contributed by atoms with E-state index in [1.54, 1.807) is 23.3 Å². The summed E-state index contributed by atoms with van der Waals surface area (Å²) in [6.45, 7) is 4.88. The lowest BCUT2D eigenvalue weighted by Crippen LogP contribution is -2.08. The summed E-state index contributed by atoms with van der Waals surface area (Å²) in [5, 5.41) is 7.87. The van der Waals surface area contributed by atoms with Gasteiger partial charge in [0.1, 0.15) is 0 Å². The Balaban J connectivity index is 2.32. The van der Waals surface area contributed by atoms with Gasteiger partial charge in [0.25, 0.3) is 0 Å². The maximum Gasteiger partial charge on any atom is 0.224 e. The molecule has 0 saturated carbocycles. The van der Waals surface area contributed by atoms with E-state index in [9.17, 15) is 0 Å². The number of aromatic nitrogens is 4. The third-order valence-corrected chi connectivity index (χ3v) is 2.44. The molecule has 0 aliphatic carbocycles. The molecule has 0 fully saturated rings. The van der Waals surface area contributed by atoms with E-state index < -0.39 is 0 Å². The van der Waals surface area contributed by atoms with Gasteiger partial charge in [-0.15, -0.1) is 0 Å². The van der Waals surface area contributed by atoms with Crippen molar-refractivity contribution in [2.45, 2.75) is 20.3 Å². The quantitative estimate of drug-likeness (QED) is 0.907. The molecule has 0 atom stereocenters. The van der Waals surface area contributed by atoms with Gasteiger partial charge in [-0.1, -0.05) is 18.5 Å². The van der Waals surface area contributed by atoms with E-state index in [-0.39, 0.29) is 0 Å². The lowest BCUT2D eigenvalue weighted by Gasteiger charge is -2.07. The van der Waals surface area contributed by atoms with Gasteiger partial charge in [-0.05, 0) is 13.3 Å². The number of rotatable bonds is 4. The molecule has 0 unspecified atom stereocenters. The van der Waals surface area contributed by atoms with Gasteiger partial charge in [-0.25, -0.2) is 9.67 Å². The number of hydrogen-bond donors (Lipinski definition) is 1. The van der Waals surface area contributed by atoms with Crippen molar-refractivity contribution in [3.05, 3.63) is 29.2 Å². The Morgan fingerprint density at radius 3 is 2.88 bits per heavy atom. The normalized spacial score (nSPS) is 10.5. The molecule has 2 heterocycles. The van der Waals surface area contributed by atoms with E-state index in [1.807, 2.05) is 6.92 Å². The second-order valence-corrected chi connectivity index (χ2v) is 4.17. The molecule has 2 aromatic rings. The van der Waals surface area contributed by atoms with Crippen molar-refractivity contribution in [3.8, 4) is 5.82 Å². The van der Waals surface area contributed by atoms with E-state index in [1.165, 1.54) is 0 Å². The van der Waals surface area contributed by atoms with Crippen molar-refractivity contribution < 1.29 is 0 Å². The van der Waals surface area contributed by atoms with Crippen molar-refractivity contribution in [1.82, 2.24) is 19.7 Å². The zero-order valence-corrected chi connectivity index (χ0v) is 10.6. The average molecular weight is 252 g/mol. The summed E-state index contributed by atoms with van der Waals surface area (Å²) in [7, 11) is 0. The Labute approximate surface area is 105 Å². The molecule has 17 heavy (non-hydrogen) atoms. The summed E-state index contributed by atoms with van der Waals surface area (Å²) < 4.78 is 1.65. The molecule has 2 rings (SSSR count). The molecule has 0 aliphatic rings. The molecule has 0 amide bonds. The molecule has 1 N–H and O–H groups in total. The topological polar surface area (TPSA) is 55.6 Å². The molecule has 2 aromatic heterocycles. The van der Waals surface area contributed by atoms with Gasteiger partial charge in [-0.2, -0.15) is 10.1 Å². The minimum absolute atomic E-state index is 0.589. The summed E-state index contributed by atoms with van der Waals surface area (Å²) in [6.07, 6.45) is 6.11. The number of nitrogens with one attached hydrogen (secondary N) is 1. The summed E-state index contributed by atoms with van der Waals surface area (Å²) in [5.74, 6) is 1.35. The van der Waals surface area contributed by atoms with Crippen LogP contribution in [0.4, 0.5) is 5.95 Å². The third kappa shape index (κ3) is 2.74. The van der Waals surface area contributed by atoms with Crippen LogP contribution >= 0.6 is 11.6 Å². The maximum atomic E-state index is 5.84. The van der Waals surface area contributed by atoms with Crippen LogP contribution in [0.5, 0.6) is 0 Å². The minimum atomic E-state index is 0.589. The Morgan fingerprint density at radius 1 is 1.41 bits per heavy atom. The van der Waals surface area contributed by atoms with Crippen molar-refractivity contribution in [2.75, 3.05) is 11.9 Å². The van der Waals surface area contributed by atoms with Crippen LogP contribution in [0.15, 0.2) is 18.6 Å². The summed E-state index contributed by atoms with van der Waals surface area (Å²) in [4.78, 5) is 8.63. The molecular weight excluding hydrogens is 238 g/mol. The highest BCUT2D eigenvalue weighted by Crippen LogP contribution is 2.14. The number of hydrogen-bond acceptors (Lipinski definition) is 4. The molecule has 0 aliphatic heterocycles. The molecule has 6 heteroatoms. The van der Waals surface area contributed by atoms with E-state index in [4.69, 9.17) is 11.6 Å². The van der Waals surface area contributed by atoms with Crippen LogP contribution in [0.2, 0.25) is 5.02 Å². The van der Waals surface area contributed by atoms with Crippen molar-refractivity contribution in [3.63, 3.8) is 0 Å². The third-order valence-electron chi connectivity index (χ3n) is 2.25. The summed E-state index contributed by atoms with van der Waals surface area (Å²) >= 11 is 5.84. The predicted molar refractivity (Wildman–Crippen MR) is 67.7 cm³/mol. The Kier molecular flexibility index (Phi) is 3.58. The van der Waals surface area contributed by atoms with Gasteiger partial charge in [0.2, 0.25) is 5.95 Å². The monoisotopic (exact) mass is 251 g/mol. The highest BCUT2D eigenvalue weighted by atomic mass is 35.5. The summed E-state index contributed by atoms with van der Waals surface area (Å²) in [6, 6.07) is 0. The van der Waals surface area contributed by atoms with Crippen LogP contribution in [0.1, 0.15) is 18.9 Å². The zero-order chi connectivity index (χ0) is 12.3. The SMILES string of the molecule is CCCNc1ncc(C)c(-n2cc(Cl)cn2)n1. The first kappa shape index (κ1) is 11.9. The largest absolute Gasteiger partial charge is 0.354 e. The van der Waals surface area contributed by atoms with E-state index >= 15 is 0 Å². The molecule has 0 radical (unpaired) electrons. The predicted octanol–water partition coefficient (Wildman–Crippen LogP) is 2.45. The van der Waals surface area contributed by atoms with Crippen LogP contribution in [-0.4, -0.2) is 26.3 Å². The molecular formula is C11H14ClN5. The van der Waals surface area contributed by atoms with Crippen molar-refractivity contribution in [1.29, 1.82) is 0 Å². The molecule has 90 valence electrons. The standard InChI is InChI=1S/C11H14ClN5/c1-3-4-13-11-14-5-8(2)10(16-11)17-7-9(12)6-15-17/h5-7H,3-4H2,1-2H3,(H,13,14,16). The van der Waals surface area contributed by atoms with Gasteiger partial charge >= 0.3 is 0 Å². The van der Waals surface area contributed by atoms with Gasteiger partial charge in [0, 0.05) is 18.3 Å². The van der Waals surface area contributed by atoms with Gasteiger partial charge in [0.15, 0.2) is 5.82 Å². The highest BCUT2D eigenvalue weighted by molar-refractivity contribution is 6.30. The molecule has 5 nitrogen and oxygen atoms in total. The fraction of sp³-hybridized carbons (Fsp3) is 0.364. The minimum Gasteiger partial charge on any atom is -0.354 e. The van der Waals surface area contributed by atoms with Gasteiger partial charge in [0.05, 0.1) is 17.4 Å². The van der Waals surface area contributed by atoms with E-state index in [0.29, 0.717) is 11.0 Å². The molecule has 0 aromatic carbocycles. The average Bonchev–Trinajstić information content (AvgIpc) is 2.75. The first-order chi connectivity index (χ1) is 8.20. The van der Waals surface area contributed by atoms with Crippen LogP contribution in [-0.2, 0) is 0 Å². The van der Waals surface area contributed by atoms with Crippen LogP contribution < -0.4 is 5.32 Å². The summed E-state index contributed by atoms with van der Waals surface area (Å²) in [5.41, 5.74) is 0.951. The van der Waals surface area contributed by atoms with E-state index in [0.717, 1.165) is 24.3 Å². The number of anilines is 1. The number of aryl methyl sites for hydroxylation is 1. The Bertz CT molecular complexity index is 508. The van der Waals surface area contributed by atoms with Crippen LogP contribution in [0, 0.1) is 6.92 Å². The number of halogens is 1. The Hall–Kier alpha value is -1.62. The lowest BCUT2D eigenvalue weighted by atomic mass is 10.3. The highest BCUT2D eigenvalue weighted by Gasteiger charge is 2.07. The first-order valence-corrected chi connectivity index (χ1v) is 5.86. The molecule has 0 spiro atoms. The molecule has 0 bridgehead atoms. The zero-order valence-electron chi connectivity index (χ0n) is 9.81. The van der Waals surface area contributed by atoms with Gasteiger partial charge < -0.3 is 5.32 Å². The fourth-order valence-electron chi connectivity index (χ4n) is 1.40. The van der Waals surface area contributed by atoms with Gasteiger partial charge in [-0.3, -0.25) is 0 Å². The second-order valence-electron chi connectivity index (χ2n) is 3.73. The van der Waals surface area contributed by atoms with Crippen LogP contribution in [0.3, 0.4) is 0 Å². The molecule has 0 saturated heterocycles. The second kappa shape index (κ2) is 5.14. The van der Waals surface area contributed by atoms with Crippen molar-refractivity contribution in [2.24, 2.45) is 0 Å². The first-order valence-electron chi connectivity index (χ1n) is 5.48. The lowest BCUT2D eigenvalue weighted by molar-refractivity contribution is 0.826. The smallest absolute Gasteiger partial charge is 0.224 e. The number of nitrogens with zero attached hydrogens (tertiary/aromatic N) is 4. The maximum absolute atomic E-state index is 5.84. The van der Waals surface area contributed by atoms with Crippen LogP contribution in [0.25, 0.3) is 5.82 Å². The Morgan fingerprint density at radius 2 is 2.24 bits per heavy atom. The fourth-order valence-corrected chi connectivity index (χ4v) is 1.54.